The quantitative estimate of drug-likeness (QED) is 0.777. The Labute approximate surface area is 151 Å². The Morgan fingerprint density at radius 3 is 2.60 bits per heavy atom. The van der Waals surface area contributed by atoms with E-state index in [2.05, 4.69) is 43.3 Å². The number of rotatable bonds is 3. The van der Waals surface area contributed by atoms with E-state index >= 15 is 0 Å². The molecule has 0 N–H and O–H groups in total. The van der Waals surface area contributed by atoms with Gasteiger partial charge in [-0.05, 0) is 49.7 Å². The van der Waals surface area contributed by atoms with E-state index in [-0.39, 0.29) is 0 Å². The van der Waals surface area contributed by atoms with Crippen molar-refractivity contribution in [3.63, 3.8) is 0 Å². The molecule has 1 aromatic rings. The van der Waals surface area contributed by atoms with Crippen LogP contribution in [-0.2, 0) is 10.3 Å². The molecule has 0 saturated heterocycles. The van der Waals surface area contributed by atoms with Crippen LogP contribution in [0.15, 0.2) is 59.2 Å². The molecule has 0 unspecified atom stereocenters. The molecule has 0 bridgehead atoms. The highest BCUT2D eigenvalue weighted by molar-refractivity contribution is 7.73. The Hall–Kier alpha value is -2.17. The summed E-state index contributed by atoms with van der Waals surface area (Å²) >= 11 is 0. The average Bonchev–Trinajstić information content (AvgIpc) is 2.71. The highest BCUT2D eigenvalue weighted by atomic mass is 32.2. The van der Waals surface area contributed by atoms with Crippen LogP contribution in [0, 0.1) is 0 Å². The van der Waals surface area contributed by atoms with Gasteiger partial charge < -0.3 is 4.90 Å². The first-order valence-electron chi connectivity index (χ1n) is 8.47. The smallest absolute Gasteiger partial charge is 0.218 e. The molecule has 0 aromatic heterocycles. The minimum absolute atomic E-state index is 0.484. The lowest BCUT2D eigenvalue weighted by Gasteiger charge is -2.19. The lowest BCUT2D eigenvalue weighted by atomic mass is 9.86. The molecule has 0 radical (unpaired) electrons. The van der Waals surface area contributed by atoms with E-state index in [1.807, 2.05) is 31.2 Å². The van der Waals surface area contributed by atoms with Gasteiger partial charge in [0.2, 0.25) is 10.3 Å². The topological polar surface area (TPSA) is 37.4 Å². The molecule has 3 rings (SSSR count). The summed E-state index contributed by atoms with van der Waals surface area (Å²) in [6, 6.07) is 8.24. The summed E-state index contributed by atoms with van der Waals surface area (Å²) in [4.78, 5) is 2.64. The van der Waals surface area contributed by atoms with Gasteiger partial charge in [-0.15, -0.1) is 0 Å². The van der Waals surface area contributed by atoms with Crippen LogP contribution in [0.2, 0.25) is 0 Å². The second kappa shape index (κ2) is 7.38. The van der Waals surface area contributed by atoms with Crippen molar-refractivity contribution < 1.29 is 8.42 Å². The molecule has 0 atom stereocenters. The fraction of sp³-hybridized carbons (Fsp3) is 0.286. The zero-order valence-electron chi connectivity index (χ0n) is 14.9. The van der Waals surface area contributed by atoms with Gasteiger partial charge >= 0.3 is 0 Å². The third-order valence-electron chi connectivity index (χ3n) is 4.52. The molecule has 0 saturated carbocycles. The summed E-state index contributed by atoms with van der Waals surface area (Å²) in [5.74, 6) is 0. The van der Waals surface area contributed by atoms with Crippen molar-refractivity contribution in [3.8, 4) is 0 Å². The minimum Gasteiger partial charge on any atom is -0.309 e. The molecule has 1 aromatic carbocycles. The van der Waals surface area contributed by atoms with Crippen LogP contribution in [0.1, 0.15) is 30.9 Å². The molecule has 0 spiro atoms. The Balaban J connectivity index is 2.24. The van der Waals surface area contributed by atoms with Crippen molar-refractivity contribution in [2.45, 2.75) is 19.8 Å². The average molecular weight is 353 g/mol. The van der Waals surface area contributed by atoms with Gasteiger partial charge in [-0.25, -0.2) is 0 Å². The van der Waals surface area contributed by atoms with Gasteiger partial charge in [0.25, 0.3) is 0 Å². The predicted molar refractivity (Wildman–Crippen MR) is 106 cm³/mol. The summed E-state index contributed by atoms with van der Waals surface area (Å²) in [5.41, 5.74) is 6.32. The van der Waals surface area contributed by atoms with E-state index < -0.39 is 10.3 Å². The minimum atomic E-state index is -2.21. The van der Waals surface area contributed by atoms with Crippen LogP contribution in [0.25, 0.3) is 11.6 Å². The lowest BCUT2D eigenvalue weighted by Crippen LogP contribution is -2.13. The zero-order valence-corrected chi connectivity index (χ0v) is 15.7. The van der Waals surface area contributed by atoms with Crippen molar-refractivity contribution >= 4 is 26.8 Å². The van der Waals surface area contributed by atoms with Crippen LogP contribution >= 0.6 is 0 Å². The molecule has 2 aliphatic rings. The van der Waals surface area contributed by atoms with E-state index in [1.165, 1.54) is 0 Å². The van der Waals surface area contributed by atoms with Crippen molar-refractivity contribution in [2.75, 3.05) is 20.6 Å². The molecule has 25 heavy (non-hydrogen) atoms. The number of hydrogen-bond acceptors (Lipinski definition) is 3. The zero-order chi connectivity index (χ0) is 18.0. The maximum atomic E-state index is 11.8. The lowest BCUT2D eigenvalue weighted by molar-refractivity contribution is 0.417. The van der Waals surface area contributed by atoms with Crippen LogP contribution in [-0.4, -0.2) is 38.8 Å². The third kappa shape index (κ3) is 3.75. The summed E-state index contributed by atoms with van der Waals surface area (Å²) in [7, 11) is 1.91. The van der Waals surface area contributed by atoms with Gasteiger partial charge in [0.1, 0.15) is 0 Å². The molecule has 0 aliphatic heterocycles. The summed E-state index contributed by atoms with van der Waals surface area (Å²) in [6.07, 6.45) is 9.76. The standard InChI is InChI=1S/C21H23NO2S/c1-15-13-20-18(9-6-12-22(2)3)17-8-5-4-7-16(17)10-11-19(20)21(14-15)25(23)24/h4-5,7-11,13H,6,12,14H2,1-3H3. The molecule has 4 heteroatoms. The number of nitrogens with zero attached hydrogens (tertiary/aromatic N) is 1. The van der Waals surface area contributed by atoms with E-state index in [1.54, 1.807) is 0 Å². The number of benzene rings is 1. The Bertz CT molecular complexity index is 949. The fourth-order valence-electron chi connectivity index (χ4n) is 3.32. The third-order valence-corrected chi connectivity index (χ3v) is 5.28. The normalized spacial score (nSPS) is 18.2. The van der Waals surface area contributed by atoms with Crippen molar-refractivity contribution in [1.82, 2.24) is 4.90 Å². The first kappa shape index (κ1) is 17.6. The van der Waals surface area contributed by atoms with Gasteiger partial charge in [-0.1, -0.05) is 54.1 Å². The molecule has 3 nitrogen and oxygen atoms in total. The fourth-order valence-corrected chi connectivity index (χ4v) is 4.02. The van der Waals surface area contributed by atoms with E-state index in [4.69, 9.17) is 0 Å². The molecule has 0 fully saturated rings. The summed E-state index contributed by atoms with van der Waals surface area (Å²) < 4.78 is 23.6. The first-order chi connectivity index (χ1) is 12.0. The van der Waals surface area contributed by atoms with Crippen LogP contribution in [0.4, 0.5) is 0 Å². The van der Waals surface area contributed by atoms with Crippen LogP contribution in [0.3, 0.4) is 0 Å². The number of allylic oxidation sites excluding steroid dienone is 6. The van der Waals surface area contributed by atoms with Crippen LogP contribution < -0.4 is 0 Å². The molecule has 0 heterocycles. The second-order valence-corrected chi connectivity index (χ2v) is 7.75. The largest absolute Gasteiger partial charge is 0.309 e. The van der Waals surface area contributed by atoms with E-state index in [0.29, 0.717) is 11.3 Å². The highest BCUT2D eigenvalue weighted by Gasteiger charge is 2.23. The van der Waals surface area contributed by atoms with E-state index in [0.717, 1.165) is 46.4 Å². The van der Waals surface area contributed by atoms with Gasteiger partial charge in [0, 0.05) is 18.5 Å². The monoisotopic (exact) mass is 353 g/mol. The first-order valence-corrected chi connectivity index (χ1v) is 9.54. The maximum Gasteiger partial charge on any atom is 0.218 e. The van der Waals surface area contributed by atoms with Gasteiger partial charge in [0.05, 0.1) is 4.86 Å². The van der Waals surface area contributed by atoms with Crippen molar-refractivity contribution in [2.24, 2.45) is 0 Å². The summed E-state index contributed by atoms with van der Waals surface area (Å²) in [6.45, 7) is 2.95. The van der Waals surface area contributed by atoms with E-state index in [9.17, 15) is 8.42 Å². The predicted octanol–water partition coefficient (Wildman–Crippen LogP) is 3.75. The Morgan fingerprint density at radius 1 is 1.12 bits per heavy atom. The molecule has 2 aliphatic carbocycles. The molecular formula is C21H23NO2S. The van der Waals surface area contributed by atoms with Crippen molar-refractivity contribution in [1.29, 1.82) is 0 Å². The number of hydrogen-bond donors (Lipinski definition) is 0. The van der Waals surface area contributed by atoms with Gasteiger partial charge in [0.15, 0.2) is 0 Å². The molecule has 0 amide bonds. The second-order valence-electron chi connectivity index (χ2n) is 6.78. The Kier molecular flexibility index (Phi) is 5.21. The maximum absolute atomic E-state index is 11.8. The van der Waals surface area contributed by atoms with Crippen LogP contribution in [0.5, 0.6) is 0 Å². The van der Waals surface area contributed by atoms with Gasteiger partial charge in [-0.2, -0.15) is 8.42 Å². The Morgan fingerprint density at radius 2 is 1.88 bits per heavy atom. The number of fused-ring (bicyclic) bond motifs is 1. The molecule has 130 valence electrons. The van der Waals surface area contributed by atoms with Gasteiger partial charge in [-0.3, -0.25) is 0 Å². The highest BCUT2D eigenvalue weighted by Crippen LogP contribution is 2.37. The summed E-state index contributed by atoms with van der Waals surface area (Å²) in [5, 5.41) is 0. The SMILES string of the molecule is CC1=CC2=C(C=Cc3ccccc3C2=CCCN(C)C)C(=S(=O)=O)C1. The van der Waals surface area contributed by atoms with Crippen molar-refractivity contribution in [3.05, 3.63) is 70.3 Å². The molecular weight excluding hydrogens is 330 g/mol.